The summed E-state index contributed by atoms with van der Waals surface area (Å²) in [6.07, 6.45) is -1.06. The van der Waals surface area contributed by atoms with Gasteiger partial charge in [0.05, 0.1) is 13.7 Å². The first-order valence-corrected chi connectivity index (χ1v) is 8.07. The van der Waals surface area contributed by atoms with E-state index in [-0.39, 0.29) is 17.9 Å². The molecule has 3 rings (SSSR count). The highest BCUT2D eigenvalue weighted by Gasteiger charge is 2.49. The molecule has 0 bridgehead atoms. The Labute approximate surface area is 154 Å². The maximum Gasteiger partial charge on any atom is 0.424 e. The lowest BCUT2D eigenvalue weighted by Gasteiger charge is -2.18. The summed E-state index contributed by atoms with van der Waals surface area (Å²) in [4.78, 5) is 51.3. The molecule has 138 valence electrons. The van der Waals surface area contributed by atoms with E-state index >= 15 is 0 Å². The molecule has 1 aliphatic heterocycles. The van der Waals surface area contributed by atoms with Gasteiger partial charge in [0.1, 0.15) is 5.75 Å². The zero-order valence-corrected chi connectivity index (χ0v) is 14.4. The number of benzene rings is 2. The van der Waals surface area contributed by atoms with Gasteiger partial charge in [0.15, 0.2) is 6.04 Å². The van der Waals surface area contributed by atoms with Crippen molar-refractivity contribution >= 4 is 24.0 Å². The molecule has 0 unspecified atom stereocenters. The number of carbonyl (C=O) groups excluding carboxylic acids is 4. The second kappa shape index (κ2) is 7.69. The van der Waals surface area contributed by atoms with Crippen LogP contribution < -0.4 is 4.74 Å². The number of amides is 4. The Balaban J connectivity index is 1.86. The highest BCUT2D eigenvalue weighted by Crippen LogP contribution is 2.22. The van der Waals surface area contributed by atoms with E-state index in [1.54, 1.807) is 36.4 Å². The van der Waals surface area contributed by atoms with Gasteiger partial charge in [-0.15, -0.1) is 0 Å². The Hall–Kier alpha value is -3.68. The molecular formula is C19H16N2O6. The fraction of sp³-hybridized carbons (Fsp3) is 0.158. The van der Waals surface area contributed by atoms with Crippen LogP contribution >= 0.6 is 0 Å². The van der Waals surface area contributed by atoms with Crippen molar-refractivity contribution in [3.8, 4) is 5.75 Å². The third kappa shape index (κ3) is 3.64. The topological polar surface area (TPSA) is 93.2 Å². The van der Waals surface area contributed by atoms with Crippen molar-refractivity contribution in [2.24, 2.45) is 0 Å². The van der Waals surface area contributed by atoms with Crippen molar-refractivity contribution in [3.63, 3.8) is 0 Å². The molecule has 0 aromatic heterocycles. The van der Waals surface area contributed by atoms with E-state index in [1.807, 2.05) is 0 Å². The lowest BCUT2D eigenvalue weighted by molar-refractivity contribution is -0.144. The number of hydrogen-bond donors (Lipinski definition) is 0. The summed E-state index contributed by atoms with van der Waals surface area (Å²) in [5.41, 5.74) is 0.257. The van der Waals surface area contributed by atoms with Crippen LogP contribution in [0, 0.1) is 0 Å². The minimum absolute atomic E-state index is 0.201. The third-order valence-corrected chi connectivity index (χ3v) is 3.99. The van der Waals surface area contributed by atoms with Gasteiger partial charge < -0.3 is 9.47 Å². The molecule has 0 spiro atoms. The van der Waals surface area contributed by atoms with Crippen LogP contribution in [0.1, 0.15) is 10.4 Å². The number of esters is 1. The molecule has 0 radical (unpaired) electrons. The monoisotopic (exact) mass is 368 g/mol. The molecule has 1 heterocycles. The van der Waals surface area contributed by atoms with Crippen molar-refractivity contribution in [3.05, 3.63) is 66.2 Å². The van der Waals surface area contributed by atoms with Crippen molar-refractivity contribution in [2.45, 2.75) is 6.04 Å². The third-order valence-electron chi connectivity index (χ3n) is 3.99. The number of carbonyl (C=O) groups is 4. The molecule has 0 saturated carbocycles. The van der Waals surface area contributed by atoms with Crippen LogP contribution in [-0.4, -0.2) is 53.5 Å². The predicted octanol–water partition coefficient (Wildman–Crippen LogP) is 2.30. The van der Waals surface area contributed by atoms with Crippen LogP contribution in [0.4, 0.5) is 9.59 Å². The van der Waals surface area contributed by atoms with Gasteiger partial charge in [-0.25, -0.2) is 19.3 Å². The van der Waals surface area contributed by atoms with E-state index in [1.165, 1.54) is 24.3 Å². The molecule has 8 nitrogen and oxygen atoms in total. The minimum atomic E-state index is -1.29. The number of imide groups is 2. The van der Waals surface area contributed by atoms with Gasteiger partial charge in [-0.1, -0.05) is 36.4 Å². The van der Waals surface area contributed by atoms with Gasteiger partial charge in [-0.2, -0.15) is 0 Å². The Morgan fingerprint density at radius 3 is 2.15 bits per heavy atom. The van der Waals surface area contributed by atoms with E-state index in [4.69, 9.17) is 4.74 Å². The van der Waals surface area contributed by atoms with E-state index in [0.29, 0.717) is 4.90 Å². The van der Waals surface area contributed by atoms with E-state index in [9.17, 15) is 19.2 Å². The molecule has 2 aromatic carbocycles. The van der Waals surface area contributed by atoms with Crippen LogP contribution in [0.25, 0.3) is 0 Å². The second-order valence-corrected chi connectivity index (χ2v) is 5.65. The van der Waals surface area contributed by atoms with Crippen LogP contribution in [0.3, 0.4) is 0 Å². The molecule has 1 atom stereocenters. The lowest BCUT2D eigenvalue weighted by atomic mass is 10.2. The standard InChI is InChI=1S/C19H16N2O6/c1-26-17(23)15-12-20(16(22)13-8-4-2-5-9-13)18(24)21(15)19(25)27-14-10-6-3-7-11-14/h2-11,15H,12H2,1H3/t15-/m0/s1. The fourth-order valence-electron chi connectivity index (χ4n) is 2.66. The highest BCUT2D eigenvalue weighted by atomic mass is 16.6. The number of hydrogen-bond acceptors (Lipinski definition) is 6. The maximum absolute atomic E-state index is 12.7. The van der Waals surface area contributed by atoms with Crippen molar-refractivity contribution in [2.75, 3.05) is 13.7 Å². The van der Waals surface area contributed by atoms with Crippen LogP contribution in [-0.2, 0) is 9.53 Å². The molecule has 1 saturated heterocycles. The van der Waals surface area contributed by atoms with Gasteiger partial charge in [0.25, 0.3) is 5.91 Å². The molecule has 2 aromatic rings. The predicted molar refractivity (Wildman–Crippen MR) is 93.0 cm³/mol. The first-order chi connectivity index (χ1) is 13.0. The molecule has 0 aliphatic carbocycles. The van der Waals surface area contributed by atoms with Crippen molar-refractivity contribution in [1.82, 2.24) is 9.80 Å². The van der Waals surface area contributed by atoms with Crippen molar-refractivity contribution in [1.29, 1.82) is 0 Å². The Bertz CT molecular complexity index is 868. The SMILES string of the molecule is COC(=O)[C@@H]1CN(C(=O)c2ccccc2)C(=O)N1C(=O)Oc1ccccc1. The Morgan fingerprint density at radius 1 is 0.963 bits per heavy atom. The first kappa shape index (κ1) is 18.1. The molecular weight excluding hydrogens is 352 g/mol. The summed E-state index contributed by atoms with van der Waals surface area (Å²) in [6, 6.07) is 13.9. The summed E-state index contributed by atoms with van der Waals surface area (Å²) in [7, 11) is 1.13. The van der Waals surface area contributed by atoms with E-state index in [0.717, 1.165) is 12.0 Å². The molecule has 1 aliphatic rings. The summed E-state index contributed by atoms with van der Waals surface area (Å²) in [6.45, 7) is -0.316. The van der Waals surface area contributed by atoms with Gasteiger partial charge in [0.2, 0.25) is 0 Å². The van der Waals surface area contributed by atoms with Gasteiger partial charge in [0, 0.05) is 5.56 Å². The smallest absolute Gasteiger partial charge is 0.424 e. The van der Waals surface area contributed by atoms with Gasteiger partial charge in [-0.05, 0) is 24.3 Å². The summed E-state index contributed by atoms with van der Waals surface area (Å²) >= 11 is 0. The average molecular weight is 368 g/mol. The fourth-order valence-corrected chi connectivity index (χ4v) is 2.66. The Kier molecular flexibility index (Phi) is 5.16. The van der Waals surface area contributed by atoms with Crippen LogP contribution in [0.5, 0.6) is 5.75 Å². The van der Waals surface area contributed by atoms with Gasteiger partial charge in [-0.3, -0.25) is 9.69 Å². The highest BCUT2D eigenvalue weighted by molar-refractivity contribution is 6.10. The zero-order valence-electron chi connectivity index (χ0n) is 14.4. The van der Waals surface area contributed by atoms with E-state index < -0.39 is 30.0 Å². The normalized spacial score (nSPS) is 16.2. The second-order valence-electron chi connectivity index (χ2n) is 5.65. The number of rotatable bonds is 3. The van der Waals surface area contributed by atoms with Crippen LogP contribution in [0.2, 0.25) is 0 Å². The zero-order chi connectivity index (χ0) is 19.4. The average Bonchev–Trinajstić information content (AvgIpc) is 3.05. The first-order valence-electron chi connectivity index (χ1n) is 8.07. The quantitative estimate of drug-likeness (QED) is 0.772. The summed E-state index contributed by atoms with van der Waals surface area (Å²) in [5, 5.41) is 0. The van der Waals surface area contributed by atoms with E-state index in [2.05, 4.69) is 4.74 Å². The van der Waals surface area contributed by atoms with Crippen molar-refractivity contribution < 1.29 is 28.7 Å². The molecule has 27 heavy (non-hydrogen) atoms. The number of nitrogens with zero attached hydrogens (tertiary/aromatic N) is 2. The summed E-state index contributed by atoms with van der Waals surface area (Å²) < 4.78 is 9.82. The molecule has 4 amide bonds. The largest absolute Gasteiger partial charge is 0.467 e. The number of ether oxygens (including phenoxy) is 2. The molecule has 1 fully saturated rings. The van der Waals surface area contributed by atoms with Crippen LogP contribution in [0.15, 0.2) is 60.7 Å². The molecule has 0 N–H and O–H groups in total. The lowest BCUT2D eigenvalue weighted by Crippen LogP contribution is -2.46. The maximum atomic E-state index is 12.7. The summed E-state index contributed by atoms with van der Waals surface area (Å²) in [5.74, 6) is -1.24. The number of urea groups is 1. The minimum Gasteiger partial charge on any atom is -0.467 e. The number of methoxy groups -OCH3 is 1. The van der Waals surface area contributed by atoms with Gasteiger partial charge >= 0.3 is 18.1 Å². The Morgan fingerprint density at radius 2 is 1.56 bits per heavy atom. The number of para-hydroxylation sites is 1. The molecule has 8 heteroatoms.